The Morgan fingerprint density at radius 2 is 1.86 bits per heavy atom. The average molecular weight is 401 g/mol. The van der Waals surface area contributed by atoms with Crippen molar-refractivity contribution in [2.24, 2.45) is 0 Å². The molecule has 0 saturated heterocycles. The second-order valence-electron chi connectivity index (χ2n) is 6.53. The van der Waals surface area contributed by atoms with Crippen molar-refractivity contribution < 1.29 is 24.0 Å². The van der Waals surface area contributed by atoms with Gasteiger partial charge in [0.15, 0.2) is 0 Å². The predicted molar refractivity (Wildman–Crippen MR) is 108 cm³/mol. The highest BCUT2D eigenvalue weighted by atomic mass is 16.6. The van der Waals surface area contributed by atoms with Gasteiger partial charge in [0.2, 0.25) is 5.91 Å². The lowest BCUT2D eigenvalue weighted by Gasteiger charge is -2.16. The van der Waals surface area contributed by atoms with E-state index in [2.05, 4.69) is 10.6 Å². The summed E-state index contributed by atoms with van der Waals surface area (Å²) in [6.45, 7) is 5.30. The summed E-state index contributed by atoms with van der Waals surface area (Å²) >= 11 is 0. The minimum absolute atomic E-state index is 0.0475. The molecule has 9 nitrogen and oxygen atoms in total. The molecule has 0 spiro atoms. The first kappa shape index (κ1) is 21.7. The highest BCUT2D eigenvalue weighted by molar-refractivity contribution is 5.95. The normalized spacial score (nSPS) is 10.4. The Labute approximate surface area is 168 Å². The van der Waals surface area contributed by atoms with Crippen LogP contribution in [-0.2, 0) is 9.53 Å². The summed E-state index contributed by atoms with van der Waals surface area (Å²) in [6.07, 6.45) is -0.101. The van der Waals surface area contributed by atoms with Gasteiger partial charge < -0.3 is 20.1 Å². The third kappa shape index (κ3) is 5.93. The number of amides is 1. The number of nitrogens with zero attached hydrogens (tertiary/aromatic N) is 1. The van der Waals surface area contributed by atoms with Crippen molar-refractivity contribution in [3.8, 4) is 5.75 Å². The fraction of sp³-hybridized carbons (Fsp3) is 0.300. The van der Waals surface area contributed by atoms with E-state index in [1.807, 2.05) is 13.8 Å². The third-order valence-corrected chi connectivity index (χ3v) is 3.90. The number of rotatable bonds is 8. The third-order valence-electron chi connectivity index (χ3n) is 3.90. The molecule has 154 valence electrons. The molecule has 2 rings (SSSR count). The van der Waals surface area contributed by atoms with Crippen molar-refractivity contribution in [3.05, 3.63) is 57.6 Å². The van der Waals surface area contributed by atoms with Gasteiger partial charge in [0.25, 0.3) is 5.69 Å². The molecular weight excluding hydrogens is 378 g/mol. The van der Waals surface area contributed by atoms with Crippen molar-refractivity contribution in [2.75, 3.05) is 24.3 Å². The SMILES string of the molecule is COC(=O)c1ccc(OC(C)C)c(NCC(=O)Nc2ccc([N+](=O)[O-])cc2C)c1. The maximum Gasteiger partial charge on any atom is 0.337 e. The largest absolute Gasteiger partial charge is 0.489 e. The number of nitrogens with one attached hydrogen (secondary N) is 2. The number of nitro benzene ring substituents is 1. The molecule has 0 fully saturated rings. The van der Waals surface area contributed by atoms with Crippen LogP contribution >= 0.6 is 0 Å². The van der Waals surface area contributed by atoms with Crippen molar-refractivity contribution in [1.29, 1.82) is 0 Å². The van der Waals surface area contributed by atoms with Crippen molar-refractivity contribution in [2.45, 2.75) is 26.9 Å². The van der Waals surface area contributed by atoms with Gasteiger partial charge >= 0.3 is 5.97 Å². The standard InChI is InChI=1S/C20H23N3O6/c1-12(2)29-18-8-5-14(20(25)28-4)10-17(18)21-11-19(24)22-16-7-6-15(23(26)27)9-13(16)3/h5-10,12,21H,11H2,1-4H3,(H,22,24). The van der Waals surface area contributed by atoms with E-state index in [-0.39, 0.29) is 24.2 Å². The van der Waals surface area contributed by atoms with Gasteiger partial charge in [-0.25, -0.2) is 4.79 Å². The lowest BCUT2D eigenvalue weighted by molar-refractivity contribution is -0.384. The topological polar surface area (TPSA) is 120 Å². The lowest BCUT2D eigenvalue weighted by atomic mass is 10.1. The van der Waals surface area contributed by atoms with E-state index in [0.717, 1.165) is 0 Å². The zero-order chi connectivity index (χ0) is 21.6. The lowest BCUT2D eigenvalue weighted by Crippen LogP contribution is -2.23. The molecular formula is C20H23N3O6. The molecule has 2 aromatic carbocycles. The number of non-ortho nitro benzene ring substituents is 1. The second kappa shape index (κ2) is 9.54. The summed E-state index contributed by atoms with van der Waals surface area (Å²) in [4.78, 5) is 34.4. The molecule has 9 heteroatoms. The van der Waals surface area contributed by atoms with Gasteiger partial charge in [-0.15, -0.1) is 0 Å². The molecule has 0 aromatic heterocycles. The van der Waals surface area contributed by atoms with Crippen LogP contribution in [0, 0.1) is 17.0 Å². The van der Waals surface area contributed by atoms with Gasteiger partial charge in [-0.05, 0) is 50.6 Å². The van der Waals surface area contributed by atoms with Crippen LogP contribution < -0.4 is 15.4 Å². The van der Waals surface area contributed by atoms with Crippen LogP contribution in [0.1, 0.15) is 29.8 Å². The summed E-state index contributed by atoms with van der Waals surface area (Å²) in [5.41, 5.74) is 1.79. The number of nitro groups is 1. The molecule has 0 aliphatic heterocycles. The van der Waals surface area contributed by atoms with Gasteiger partial charge in [0.05, 0.1) is 35.9 Å². The smallest absolute Gasteiger partial charge is 0.337 e. The number of hydrogen-bond acceptors (Lipinski definition) is 7. The fourth-order valence-electron chi connectivity index (χ4n) is 2.54. The first-order valence-corrected chi connectivity index (χ1v) is 8.89. The molecule has 0 aliphatic rings. The highest BCUT2D eigenvalue weighted by Crippen LogP contribution is 2.27. The minimum atomic E-state index is -0.505. The van der Waals surface area contributed by atoms with E-state index in [1.54, 1.807) is 25.1 Å². The zero-order valence-corrected chi connectivity index (χ0v) is 16.6. The number of carbonyl (C=O) groups is 2. The van der Waals surface area contributed by atoms with Crippen LogP contribution in [0.15, 0.2) is 36.4 Å². The van der Waals surface area contributed by atoms with E-state index in [4.69, 9.17) is 9.47 Å². The molecule has 29 heavy (non-hydrogen) atoms. The minimum Gasteiger partial charge on any atom is -0.489 e. The molecule has 1 amide bonds. The van der Waals surface area contributed by atoms with Crippen LogP contribution in [0.25, 0.3) is 0 Å². The molecule has 0 atom stereocenters. The molecule has 2 aromatic rings. The van der Waals surface area contributed by atoms with Crippen LogP contribution in [0.3, 0.4) is 0 Å². The average Bonchev–Trinajstić information content (AvgIpc) is 2.67. The van der Waals surface area contributed by atoms with Gasteiger partial charge in [-0.1, -0.05) is 0 Å². The summed E-state index contributed by atoms with van der Waals surface area (Å²) < 4.78 is 10.4. The maximum atomic E-state index is 12.3. The van der Waals surface area contributed by atoms with Gasteiger partial charge in [0, 0.05) is 17.8 Å². The number of methoxy groups -OCH3 is 1. The van der Waals surface area contributed by atoms with E-state index in [0.29, 0.717) is 28.3 Å². The summed E-state index contributed by atoms with van der Waals surface area (Å²) in [7, 11) is 1.29. The number of benzene rings is 2. The molecule has 0 unspecified atom stereocenters. The molecule has 0 radical (unpaired) electrons. The Hall–Kier alpha value is -3.62. The molecule has 0 bridgehead atoms. The van der Waals surface area contributed by atoms with Crippen molar-refractivity contribution >= 4 is 28.9 Å². The fourth-order valence-corrected chi connectivity index (χ4v) is 2.54. The van der Waals surface area contributed by atoms with Gasteiger partial charge in [-0.2, -0.15) is 0 Å². The van der Waals surface area contributed by atoms with Crippen molar-refractivity contribution in [1.82, 2.24) is 0 Å². The number of aryl methyl sites for hydroxylation is 1. The highest BCUT2D eigenvalue weighted by Gasteiger charge is 2.14. The Balaban J connectivity index is 2.12. The summed E-state index contributed by atoms with van der Waals surface area (Å²) in [5, 5.41) is 16.5. The number of hydrogen-bond donors (Lipinski definition) is 2. The number of carbonyl (C=O) groups excluding carboxylic acids is 2. The Morgan fingerprint density at radius 1 is 1.14 bits per heavy atom. The van der Waals surface area contributed by atoms with Crippen LogP contribution in [-0.4, -0.2) is 36.6 Å². The summed E-state index contributed by atoms with van der Waals surface area (Å²) in [6, 6.07) is 8.95. The molecule has 0 saturated carbocycles. The van der Waals surface area contributed by atoms with E-state index >= 15 is 0 Å². The van der Waals surface area contributed by atoms with E-state index in [9.17, 15) is 19.7 Å². The van der Waals surface area contributed by atoms with E-state index in [1.165, 1.54) is 25.3 Å². The Bertz CT molecular complexity index is 926. The molecule has 0 aliphatic carbocycles. The van der Waals surface area contributed by atoms with Crippen LogP contribution in [0.4, 0.5) is 17.1 Å². The summed E-state index contributed by atoms with van der Waals surface area (Å²) in [5.74, 6) is -0.372. The zero-order valence-electron chi connectivity index (χ0n) is 16.6. The first-order chi connectivity index (χ1) is 13.7. The number of anilines is 2. The number of esters is 1. The maximum absolute atomic E-state index is 12.3. The monoisotopic (exact) mass is 401 g/mol. The predicted octanol–water partition coefficient (Wildman–Crippen LogP) is 3.53. The quantitative estimate of drug-likeness (QED) is 0.394. The Morgan fingerprint density at radius 3 is 2.45 bits per heavy atom. The molecule has 2 N–H and O–H groups in total. The van der Waals surface area contributed by atoms with Crippen molar-refractivity contribution in [3.63, 3.8) is 0 Å². The van der Waals surface area contributed by atoms with E-state index < -0.39 is 10.9 Å². The van der Waals surface area contributed by atoms with Gasteiger partial charge in [-0.3, -0.25) is 14.9 Å². The van der Waals surface area contributed by atoms with Crippen LogP contribution in [0.5, 0.6) is 5.75 Å². The molecule has 0 heterocycles. The first-order valence-electron chi connectivity index (χ1n) is 8.89. The number of ether oxygens (including phenoxy) is 2. The van der Waals surface area contributed by atoms with Gasteiger partial charge in [0.1, 0.15) is 5.75 Å². The second-order valence-corrected chi connectivity index (χ2v) is 6.53. The van der Waals surface area contributed by atoms with Crippen LogP contribution in [0.2, 0.25) is 0 Å². The Kier molecular flexibility index (Phi) is 7.13.